The fraction of sp³-hybridized carbons (Fsp3) is 0.0417. The van der Waals surface area contributed by atoms with Crippen LogP contribution >= 0.6 is 0 Å². The molecule has 0 aliphatic heterocycles. The minimum Gasteiger partial charge on any atom is -0.310 e. The van der Waals surface area contributed by atoms with Gasteiger partial charge >= 0.3 is 0 Å². The van der Waals surface area contributed by atoms with Crippen molar-refractivity contribution in [1.29, 1.82) is 0 Å². The minimum atomic E-state index is -0.197. The minimum absolute atomic E-state index is 0.00382. The van der Waals surface area contributed by atoms with Gasteiger partial charge in [-0.05, 0) is 34.9 Å². The molecule has 0 saturated carbocycles. The largest absolute Gasteiger partial charge is 0.310 e. The number of amides is 1. The maximum atomic E-state index is 12.6. The number of benzene rings is 2. The molecule has 0 bridgehead atoms. The zero-order valence-electron chi connectivity index (χ0n) is 15.9. The van der Waals surface area contributed by atoms with E-state index in [-0.39, 0.29) is 18.1 Å². The summed E-state index contributed by atoms with van der Waals surface area (Å²) in [6, 6.07) is 16.7. The molecule has 144 valence electrons. The molecule has 0 unspecified atom stereocenters. The third-order valence-electron chi connectivity index (χ3n) is 5.05. The quantitative estimate of drug-likeness (QED) is 0.501. The Bertz CT molecular complexity index is 1270. The van der Waals surface area contributed by atoms with Crippen molar-refractivity contribution in [2.24, 2.45) is 0 Å². The summed E-state index contributed by atoms with van der Waals surface area (Å²) < 4.78 is 0. The van der Waals surface area contributed by atoms with Crippen molar-refractivity contribution in [3.8, 4) is 22.4 Å². The molecule has 2 heterocycles. The monoisotopic (exact) mass is 392 g/mol. The molecule has 2 aromatic carbocycles. The van der Waals surface area contributed by atoms with E-state index in [1.54, 1.807) is 30.9 Å². The molecule has 1 aliphatic carbocycles. The molecule has 0 saturated heterocycles. The van der Waals surface area contributed by atoms with E-state index in [1.807, 2.05) is 48.5 Å². The second-order valence-corrected chi connectivity index (χ2v) is 7.00. The first-order valence-electron chi connectivity index (χ1n) is 9.48. The molecule has 1 N–H and O–H groups in total. The summed E-state index contributed by atoms with van der Waals surface area (Å²) in [5, 5.41) is 2.79. The molecule has 0 fully saturated rings. The summed E-state index contributed by atoms with van der Waals surface area (Å²) in [5.41, 5.74) is 5.53. The lowest BCUT2D eigenvalue weighted by atomic mass is 10.0. The van der Waals surface area contributed by atoms with Crippen LogP contribution in [0.2, 0.25) is 0 Å². The standard InChI is InChI=1S/C24H16N4O2/c29-23(28-22-8-6-16(13-27-22)21-14-25-9-10-26-21)12-15-5-7-18-17-3-1-2-4-19(17)24(30)20(18)11-15/h1-11,13-14H,12H2,(H,27,28,29). The van der Waals surface area contributed by atoms with E-state index in [0.717, 1.165) is 22.3 Å². The summed E-state index contributed by atoms with van der Waals surface area (Å²) in [6.45, 7) is 0. The molecular weight excluding hydrogens is 376 g/mol. The van der Waals surface area contributed by atoms with Crippen LogP contribution in [0.25, 0.3) is 22.4 Å². The van der Waals surface area contributed by atoms with E-state index in [2.05, 4.69) is 20.3 Å². The second kappa shape index (κ2) is 7.33. The van der Waals surface area contributed by atoms with E-state index in [0.29, 0.717) is 22.6 Å². The summed E-state index contributed by atoms with van der Waals surface area (Å²) in [7, 11) is 0. The molecule has 0 spiro atoms. The predicted molar refractivity (Wildman–Crippen MR) is 113 cm³/mol. The normalized spacial score (nSPS) is 11.7. The van der Waals surface area contributed by atoms with Gasteiger partial charge in [-0.25, -0.2) is 4.98 Å². The van der Waals surface area contributed by atoms with Crippen molar-refractivity contribution in [1.82, 2.24) is 15.0 Å². The maximum Gasteiger partial charge on any atom is 0.229 e. The molecule has 0 radical (unpaired) electrons. The van der Waals surface area contributed by atoms with E-state index in [4.69, 9.17) is 0 Å². The third-order valence-corrected chi connectivity index (χ3v) is 5.05. The number of nitrogens with zero attached hydrogens (tertiary/aromatic N) is 3. The number of nitrogens with one attached hydrogen (secondary N) is 1. The van der Waals surface area contributed by atoms with Gasteiger partial charge in [-0.15, -0.1) is 0 Å². The van der Waals surface area contributed by atoms with Crippen LogP contribution in [-0.4, -0.2) is 26.6 Å². The average molecular weight is 392 g/mol. The Kier molecular flexibility index (Phi) is 4.37. The lowest BCUT2D eigenvalue weighted by Gasteiger charge is -2.07. The summed E-state index contributed by atoms with van der Waals surface area (Å²) in [5.74, 6) is 0.263. The molecular formula is C24H16N4O2. The molecule has 1 amide bonds. The van der Waals surface area contributed by atoms with Crippen LogP contribution in [0.15, 0.2) is 79.4 Å². The van der Waals surface area contributed by atoms with Crippen molar-refractivity contribution >= 4 is 17.5 Å². The molecule has 6 nitrogen and oxygen atoms in total. The lowest BCUT2D eigenvalue weighted by Crippen LogP contribution is -2.15. The number of ketones is 1. The van der Waals surface area contributed by atoms with Gasteiger partial charge in [0.1, 0.15) is 5.82 Å². The molecule has 1 aliphatic rings. The molecule has 2 aromatic heterocycles. The number of aromatic nitrogens is 3. The summed E-state index contributed by atoms with van der Waals surface area (Å²) >= 11 is 0. The Morgan fingerprint density at radius 2 is 1.67 bits per heavy atom. The van der Waals surface area contributed by atoms with Crippen LogP contribution in [0.4, 0.5) is 5.82 Å². The number of hydrogen-bond donors (Lipinski definition) is 1. The second-order valence-electron chi connectivity index (χ2n) is 7.00. The van der Waals surface area contributed by atoms with Crippen LogP contribution in [-0.2, 0) is 11.2 Å². The van der Waals surface area contributed by atoms with Crippen molar-refractivity contribution in [2.75, 3.05) is 5.32 Å². The smallest absolute Gasteiger partial charge is 0.229 e. The van der Waals surface area contributed by atoms with Gasteiger partial charge in [0.15, 0.2) is 5.78 Å². The van der Waals surface area contributed by atoms with E-state index in [1.165, 1.54) is 0 Å². The van der Waals surface area contributed by atoms with Gasteiger partial charge in [-0.1, -0.05) is 36.4 Å². The van der Waals surface area contributed by atoms with Gasteiger partial charge in [-0.2, -0.15) is 0 Å². The number of carbonyl (C=O) groups is 2. The number of anilines is 1. The zero-order valence-corrected chi connectivity index (χ0v) is 15.9. The van der Waals surface area contributed by atoms with Gasteiger partial charge in [0.25, 0.3) is 0 Å². The van der Waals surface area contributed by atoms with Crippen LogP contribution in [0, 0.1) is 0 Å². The highest BCUT2D eigenvalue weighted by molar-refractivity contribution is 6.21. The van der Waals surface area contributed by atoms with Crippen molar-refractivity contribution in [3.63, 3.8) is 0 Å². The molecule has 5 rings (SSSR count). The number of pyridine rings is 1. The first kappa shape index (κ1) is 17.9. The van der Waals surface area contributed by atoms with E-state index >= 15 is 0 Å². The topological polar surface area (TPSA) is 84.8 Å². The Balaban J connectivity index is 1.29. The van der Waals surface area contributed by atoms with E-state index in [9.17, 15) is 9.59 Å². The fourth-order valence-electron chi connectivity index (χ4n) is 3.63. The first-order chi connectivity index (χ1) is 14.7. The lowest BCUT2D eigenvalue weighted by molar-refractivity contribution is -0.115. The average Bonchev–Trinajstić information content (AvgIpc) is 3.07. The number of carbonyl (C=O) groups excluding carboxylic acids is 2. The Labute approximate surface area is 172 Å². The fourth-order valence-corrected chi connectivity index (χ4v) is 3.63. The highest BCUT2D eigenvalue weighted by Gasteiger charge is 2.26. The van der Waals surface area contributed by atoms with Gasteiger partial charge in [-0.3, -0.25) is 19.6 Å². The van der Waals surface area contributed by atoms with E-state index < -0.39 is 0 Å². The van der Waals surface area contributed by atoms with Gasteiger partial charge in [0.2, 0.25) is 5.91 Å². The van der Waals surface area contributed by atoms with Crippen LogP contribution in [0.3, 0.4) is 0 Å². The first-order valence-corrected chi connectivity index (χ1v) is 9.48. The van der Waals surface area contributed by atoms with Crippen molar-refractivity contribution in [2.45, 2.75) is 6.42 Å². The highest BCUT2D eigenvalue weighted by atomic mass is 16.1. The number of rotatable bonds is 4. The molecule has 4 aromatic rings. The summed E-state index contributed by atoms with van der Waals surface area (Å²) in [4.78, 5) is 37.7. The zero-order chi connectivity index (χ0) is 20.5. The third kappa shape index (κ3) is 3.24. The van der Waals surface area contributed by atoms with Gasteiger partial charge in [0.05, 0.1) is 18.3 Å². The van der Waals surface area contributed by atoms with Crippen molar-refractivity contribution < 1.29 is 9.59 Å². The van der Waals surface area contributed by atoms with Crippen LogP contribution in [0.1, 0.15) is 21.5 Å². The molecule has 0 atom stereocenters. The van der Waals surface area contributed by atoms with Crippen molar-refractivity contribution in [3.05, 3.63) is 96.1 Å². The van der Waals surface area contributed by atoms with Crippen LogP contribution in [0.5, 0.6) is 0 Å². The highest BCUT2D eigenvalue weighted by Crippen LogP contribution is 2.36. The Hall–Kier alpha value is -4.19. The number of fused-ring (bicyclic) bond motifs is 3. The SMILES string of the molecule is O=C(Cc1ccc2c(c1)C(=O)c1ccccc1-2)Nc1ccc(-c2cnccn2)cn1. The predicted octanol–water partition coefficient (Wildman–Crippen LogP) is 3.93. The Morgan fingerprint density at radius 1 is 0.833 bits per heavy atom. The van der Waals surface area contributed by atoms with Gasteiger partial charge < -0.3 is 5.32 Å². The molecule has 30 heavy (non-hydrogen) atoms. The molecule has 6 heteroatoms. The Morgan fingerprint density at radius 3 is 2.43 bits per heavy atom. The maximum absolute atomic E-state index is 12.6. The van der Waals surface area contributed by atoms with Crippen LogP contribution < -0.4 is 5.32 Å². The van der Waals surface area contributed by atoms with Gasteiger partial charge in [0, 0.05) is 35.3 Å². The number of hydrogen-bond acceptors (Lipinski definition) is 5. The summed E-state index contributed by atoms with van der Waals surface area (Å²) in [6.07, 6.45) is 6.68.